The van der Waals surface area contributed by atoms with Gasteiger partial charge in [0.1, 0.15) is 0 Å². The van der Waals surface area contributed by atoms with Gasteiger partial charge in [-0.05, 0) is 24.1 Å². The van der Waals surface area contributed by atoms with Gasteiger partial charge in [0.2, 0.25) is 5.24 Å². The van der Waals surface area contributed by atoms with Gasteiger partial charge in [-0.1, -0.05) is 6.08 Å². The summed E-state index contributed by atoms with van der Waals surface area (Å²) < 4.78 is 0. The van der Waals surface area contributed by atoms with E-state index in [4.69, 9.17) is 16.7 Å². The van der Waals surface area contributed by atoms with E-state index in [1.54, 1.807) is 6.08 Å². The maximum atomic E-state index is 10.3. The summed E-state index contributed by atoms with van der Waals surface area (Å²) in [4.78, 5) is 12.4. The topological polar surface area (TPSA) is 40.5 Å². The van der Waals surface area contributed by atoms with Crippen molar-refractivity contribution in [2.45, 2.75) is 12.5 Å². The lowest BCUT2D eigenvalue weighted by molar-refractivity contribution is -0.107. The largest absolute Gasteiger partial charge is 0.392 e. The van der Waals surface area contributed by atoms with E-state index in [2.05, 4.69) is 4.90 Å². The van der Waals surface area contributed by atoms with Gasteiger partial charge < -0.3 is 5.11 Å². The second-order valence-corrected chi connectivity index (χ2v) is 3.28. The van der Waals surface area contributed by atoms with Gasteiger partial charge in [0.25, 0.3) is 0 Å². The Morgan fingerprint density at radius 2 is 2.50 bits per heavy atom. The lowest BCUT2D eigenvalue weighted by Gasteiger charge is -2.10. The van der Waals surface area contributed by atoms with E-state index in [0.29, 0.717) is 13.1 Å². The van der Waals surface area contributed by atoms with E-state index in [1.165, 1.54) is 6.08 Å². The van der Waals surface area contributed by atoms with Gasteiger partial charge in [0, 0.05) is 19.6 Å². The molecule has 0 amide bonds. The van der Waals surface area contributed by atoms with Gasteiger partial charge in [0.15, 0.2) is 0 Å². The van der Waals surface area contributed by atoms with Gasteiger partial charge >= 0.3 is 0 Å². The average molecular weight is 190 g/mol. The Hall–Kier alpha value is -0.380. The second kappa shape index (κ2) is 4.60. The first-order valence-electron chi connectivity index (χ1n) is 3.95. The molecule has 1 atom stereocenters. The van der Waals surface area contributed by atoms with Crippen molar-refractivity contribution in [3.05, 3.63) is 12.2 Å². The first kappa shape index (κ1) is 9.71. The maximum Gasteiger partial charge on any atom is 0.244 e. The lowest BCUT2D eigenvalue weighted by atomic mass is 10.3. The summed E-state index contributed by atoms with van der Waals surface area (Å²) in [7, 11) is 0. The third kappa shape index (κ3) is 3.34. The minimum absolute atomic E-state index is 0.204. The Labute approximate surface area is 76.6 Å². The third-order valence-electron chi connectivity index (χ3n) is 1.86. The molecule has 1 rings (SSSR count). The highest BCUT2D eigenvalue weighted by molar-refractivity contribution is 6.66. The van der Waals surface area contributed by atoms with Crippen LogP contribution in [0.15, 0.2) is 12.2 Å². The first-order chi connectivity index (χ1) is 5.68. The summed E-state index contributed by atoms with van der Waals surface area (Å²) in [5.41, 5.74) is 0. The molecule has 0 saturated carbocycles. The van der Waals surface area contributed by atoms with Crippen molar-refractivity contribution in [2.24, 2.45) is 0 Å². The minimum atomic E-state index is -0.449. The number of allylic oxidation sites excluding steroid dienone is 1. The van der Waals surface area contributed by atoms with Crippen LogP contribution in [0.25, 0.3) is 0 Å². The average Bonchev–Trinajstić information content (AvgIpc) is 2.35. The lowest BCUT2D eigenvalue weighted by Crippen LogP contribution is -2.21. The highest BCUT2D eigenvalue weighted by Gasteiger charge is 2.18. The minimum Gasteiger partial charge on any atom is -0.392 e. The number of likely N-dealkylation sites (tertiary alicyclic amines) is 1. The third-order valence-corrected chi connectivity index (χ3v) is 1.99. The summed E-state index contributed by atoms with van der Waals surface area (Å²) in [5.74, 6) is 0. The van der Waals surface area contributed by atoms with E-state index in [9.17, 15) is 4.79 Å². The van der Waals surface area contributed by atoms with Crippen molar-refractivity contribution >= 4 is 16.8 Å². The molecule has 1 heterocycles. The fraction of sp³-hybridized carbons (Fsp3) is 0.625. The molecule has 68 valence electrons. The van der Waals surface area contributed by atoms with Crippen molar-refractivity contribution in [3.8, 4) is 0 Å². The smallest absolute Gasteiger partial charge is 0.244 e. The molecule has 0 unspecified atom stereocenters. The molecule has 1 fully saturated rings. The molecule has 1 aliphatic rings. The molecule has 0 aromatic carbocycles. The fourth-order valence-electron chi connectivity index (χ4n) is 1.27. The van der Waals surface area contributed by atoms with Crippen molar-refractivity contribution < 1.29 is 9.90 Å². The van der Waals surface area contributed by atoms with Gasteiger partial charge in [-0.15, -0.1) is 0 Å². The molecule has 0 radical (unpaired) electrons. The number of aliphatic hydroxyl groups excluding tert-OH is 1. The maximum absolute atomic E-state index is 10.3. The number of hydrogen-bond acceptors (Lipinski definition) is 3. The van der Waals surface area contributed by atoms with Crippen LogP contribution in [0.5, 0.6) is 0 Å². The van der Waals surface area contributed by atoms with Gasteiger partial charge in [-0.25, -0.2) is 0 Å². The van der Waals surface area contributed by atoms with Crippen LogP contribution in [0.4, 0.5) is 0 Å². The molecular weight excluding hydrogens is 178 g/mol. The quantitative estimate of drug-likeness (QED) is 0.516. The van der Waals surface area contributed by atoms with E-state index >= 15 is 0 Å². The van der Waals surface area contributed by atoms with Crippen LogP contribution < -0.4 is 0 Å². The molecule has 1 saturated heterocycles. The Morgan fingerprint density at radius 1 is 1.75 bits per heavy atom. The molecule has 3 nitrogen and oxygen atoms in total. The standard InChI is InChI=1S/C8H12ClNO2/c9-8(12)2-1-4-10-5-3-7(11)6-10/h1-2,7,11H,3-6H2/b2-1+/t7-/m1/s1. The van der Waals surface area contributed by atoms with Gasteiger partial charge in [0.05, 0.1) is 6.10 Å². The summed E-state index contributed by atoms with van der Waals surface area (Å²) in [5, 5.41) is 8.70. The van der Waals surface area contributed by atoms with Crippen LogP contribution in [0.1, 0.15) is 6.42 Å². The molecule has 1 N–H and O–H groups in total. The predicted molar refractivity (Wildman–Crippen MR) is 47.1 cm³/mol. The van der Waals surface area contributed by atoms with E-state index in [-0.39, 0.29) is 6.10 Å². The van der Waals surface area contributed by atoms with Crippen LogP contribution in [0.3, 0.4) is 0 Å². The normalized spacial score (nSPS) is 25.3. The van der Waals surface area contributed by atoms with E-state index < -0.39 is 5.24 Å². The molecule has 0 aliphatic carbocycles. The number of carbonyl (C=O) groups excluding carboxylic acids is 1. The van der Waals surface area contributed by atoms with Crippen molar-refractivity contribution in [2.75, 3.05) is 19.6 Å². The molecule has 0 spiro atoms. The van der Waals surface area contributed by atoms with E-state index in [0.717, 1.165) is 13.0 Å². The van der Waals surface area contributed by atoms with Crippen molar-refractivity contribution in [1.29, 1.82) is 0 Å². The summed E-state index contributed by atoms with van der Waals surface area (Å²) in [6.07, 6.45) is 3.67. The molecule has 12 heavy (non-hydrogen) atoms. The van der Waals surface area contributed by atoms with Gasteiger partial charge in [-0.3, -0.25) is 9.69 Å². The van der Waals surface area contributed by atoms with Crippen molar-refractivity contribution in [3.63, 3.8) is 0 Å². The Balaban J connectivity index is 2.20. The van der Waals surface area contributed by atoms with Crippen LogP contribution in [-0.4, -0.2) is 41.0 Å². The number of hydrogen-bond donors (Lipinski definition) is 1. The first-order valence-corrected chi connectivity index (χ1v) is 4.32. The van der Waals surface area contributed by atoms with Crippen LogP contribution in [-0.2, 0) is 4.79 Å². The number of halogens is 1. The number of rotatable bonds is 3. The Morgan fingerprint density at radius 3 is 3.00 bits per heavy atom. The second-order valence-electron chi connectivity index (χ2n) is 2.91. The Bertz CT molecular complexity index is 193. The highest BCUT2D eigenvalue weighted by Crippen LogP contribution is 2.07. The molecule has 0 aromatic heterocycles. The van der Waals surface area contributed by atoms with E-state index in [1.807, 2.05) is 0 Å². The van der Waals surface area contributed by atoms with Crippen LogP contribution >= 0.6 is 11.6 Å². The Kier molecular flexibility index (Phi) is 3.72. The predicted octanol–water partition coefficient (Wildman–Crippen LogP) is 0.375. The van der Waals surface area contributed by atoms with Crippen LogP contribution in [0.2, 0.25) is 0 Å². The highest BCUT2D eigenvalue weighted by atomic mass is 35.5. The van der Waals surface area contributed by atoms with Gasteiger partial charge in [-0.2, -0.15) is 0 Å². The number of nitrogens with zero attached hydrogens (tertiary/aromatic N) is 1. The number of aliphatic hydroxyl groups is 1. The molecule has 4 heteroatoms. The van der Waals surface area contributed by atoms with Crippen molar-refractivity contribution in [1.82, 2.24) is 4.90 Å². The number of carbonyl (C=O) groups is 1. The summed E-state index contributed by atoms with van der Waals surface area (Å²) >= 11 is 5.10. The zero-order chi connectivity index (χ0) is 8.97. The summed E-state index contributed by atoms with van der Waals surface area (Å²) in [6, 6.07) is 0. The number of β-amino-alcohol motifs (C(OH)–C–C–N with tert-alkyl or cyclic N) is 1. The zero-order valence-electron chi connectivity index (χ0n) is 6.74. The zero-order valence-corrected chi connectivity index (χ0v) is 7.50. The summed E-state index contributed by atoms with van der Waals surface area (Å²) in [6.45, 7) is 2.28. The SMILES string of the molecule is O=C(Cl)/C=C/CN1CC[C@@H](O)C1. The molecule has 0 bridgehead atoms. The molecule has 0 aromatic rings. The monoisotopic (exact) mass is 189 g/mol. The molecule has 1 aliphatic heterocycles. The molecular formula is C8H12ClNO2. The fourth-order valence-corrected chi connectivity index (χ4v) is 1.36. The van der Waals surface area contributed by atoms with Crippen LogP contribution in [0, 0.1) is 0 Å².